The fourth-order valence-corrected chi connectivity index (χ4v) is 2.90. The van der Waals surface area contributed by atoms with E-state index in [-0.39, 0.29) is 5.75 Å². The zero-order chi connectivity index (χ0) is 14.8. The molecule has 0 aliphatic heterocycles. The van der Waals surface area contributed by atoms with Gasteiger partial charge in [0.05, 0.1) is 0 Å². The fraction of sp³-hybridized carbons (Fsp3) is 0.214. The highest BCUT2D eigenvalue weighted by molar-refractivity contribution is 7.99. The zero-order valence-corrected chi connectivity index (χ0v) is 11.3. The molecule has 0 saturated heterocycles. The Morgan fingerprint density at radius 2 is 1.80 bits per heavy atom. The van der Waals surface area contributed by atoms with Gasteiger partial charge in [-0.3, -0.25) is 5.41 Å². The van der Waals surface area contributed by atoms with Crippen LogP contribution < -0.4 is 5.73 Å². The van der Waals surface area contributed by atoms with Crippen molar-refractivity contribution in [2.24, 2.45) is 11.7 Å². The van der Waals surface area contributed by atoms with E-state index < -0.39 is 17.9 Å². The molecule has 0 bridgehead atoms. The number of rotatable bonds is 4. The predicted octanol–water partition coefficient (Wildman–Crippen LogP) is 4.05. The highest BCUT2D eigenvalue weighted by Gasteiger charge is 2.41. The van der Waals surface area contributed by atoms with Crippen molar-refractivity contribution in [1.29, 1.82) is 5.41 Å². The average molecular weight is 298 g/mol. The van der Waals surface area contributed by atoms with Crippen LogP contribution in [-0.4, -0.2) is 17.8 Å². The van der Waals surface area contributed by atoms with Gasteiger partial charge in [-0.25, -0.2) is 0 Å². The lowest BCUT2D eigenvalue weighted by Gasteiger charge is -2.18. The van der Waals surface area contributed by atoms with Crippen molar-refractivity contribution >= 4 is 28.4 Å². The van der Waals surface area contributed by atoms with Gasteiger partial charge in [-0.05, 0) is 22.9 Å². The molecule has 0 saturated carbocycles. The van der Waals surface area contributed by atoms with E-state index in [2.05, 4.69) is 0 Å². The van der Waals surface area contributed by atoms with Gasteiger partial charge in [0.15, 0.2) is 0 Å². The van der Waals surface area contributed by atoms with Gasteiger partial charge in [0.2, 0.25) is 0 Å². The number of halogens is 3. The Labute approximate surface area is 118 Å². The molecule has 2 rings (SSSR count). The number of fused-ring (bicyclic) bond motifs is 1. The summed E-state index contributed by atoms with van der Waals surface area (Å²) in [5, 5.41) is 9.06. The molecule has 6 heteroatoms. The maximum atomic E-state index is 12.7. The monoisotopic (exact) mass is 298 g/mol. The summed E-state index contributed by atoms with van der Waals surface area (Å²) in [7, 11) is 0. The first-order valence-corrected chi connectivity index (χ1v) is 6.89. The van der Waals surface area contributed by atoms with Gasteiger partial charge in [0, 0.05) is 10.6 Å². The van der Waals surface area contributed by atoms with Gasteiger partial charge in [0.25, 0.3) is 0 Å². The summed E-state index contributed by atoms with van der Waals surface area (Å²) < 4.78 is 38.1. The lowest BCUT2D eigenvalue weighted by atomic mass is 10.1. The van der Waals surface area contributed by atoms with E-state index in [0.29, 0.717) is 0 Å². The molecule has 0 amide bonds. The summed E-state index contributed by atoms with van der Waals surface area (Å²) in [4.78, 5) is 0.735. The molecule has 3 N–H and O–H groups in total. The quantitative estimate of drug-likeness (QED) is 0.508. The van der Waals surface area contributed by atoms with E-state index in [1.807, 2.05) is 36.4 Å². The van der Waals surface area contributed by atoms with Crippen molar-refractivity contribution in [2.45, 2.75) is 11.1 Å². The van der Waals surface area contributed by atoms with Crippen molar-refractivity contribution in [3.63, 3.8) is 0 Å². The number of benzene rings is 2. The molecule has 0 heterocycles. The van der Waals surface area contributed by atoms with Crippen LogP contribution in [0.5, 0.6) is 0 Å². The van der Waals surface area contributed by atoms with Gasteiger partial charge in [-0.2, -0.15) is 13.2 Å². The number of nitrogens with two attached hydrogens (primary N) is 1. The molecule has 106 valence electrons. The van der Waals surface area contributed by atoms with Crippen molar-refractivity contribution in [1.82, 2.24) is 0 Å². The number of amidine groups is 1. The number of thioether (sulfide) groups is 1. The van der Waals surface area contributed by atoms with Crippen LogP contribution in [0.25, 0.3) is 10.8 Å². The third-order valence-electron chi connectivity index (χ3n) is 2.91. The summed E-state index contributed by atoms with van der Waals surface area (Å²) in [6, 6.07) is 13.1. The molecule has 0 aliphatic carbocycles. The number of alkyl halides is 3. The summed E-state index contributed by atoms with van der Waals surface area (Å²) in [6.07, 6.45) is -4.48. The van der Waals surface area contributed by atoms with Gasteiger partial charge in [-0.1, -0.05) is 30.3 Å². The second-order valence-electron chi connectivity index (χ2n) is 4.37. The molecule has 2 aromatic carbocycles. The number of nitrogens with one attached hydrogen (secondary N) is 1. The summed E-state index contributed by atoms with van der Waals surface area (Å²) in [5.41, 5.74) is 5.03. The van der Waals surface area contributed by atoms with Gasteiger partial charge in [-0.15, -0.1) is 11.8 Å². The topological polar surface area (TPSA) is 49.9 Å². The Morgan fingerprint density at radius 1 is 1.15 bits per heavy atom. The maximum Gasteiger partial charge on any atom is 0.399 e. The van der Waals surface area contributed by atoms with Gasteiger partial charge in [0.1, 0.15) is 11.8 Å². The molecule has 0 spiro atoms. The molecule has 20 heavy (non-hydrogen) atoms. The molecule has 0 aliphatic rings. The number of hydrogen-bond donors (Lipinski definition) is 2. The lowest BCUT2D eigenvalue weighted by Crippen LogP contribution is -2.36. The SMILES string of the molecule is N=C(N)C(CSc1ccc2ccccc2c1)C(F)(F)F. The molecule has 2 nitrogen and oxygen atoms in total. The van der Waals surface area contributed by atoms with Gasteiger partial charge < -0.3 is 5.73 Å². The first-order chi connectivity index (χ1) is 9.38. The number of hydrogen-bond acceptors (Lipinski definition) is 2. The third kappa shape index (κ3) is 3.45. The first kappa shape index (κ1) is 14.7. The Kier molecular flexibility index (Phi) is 4.23. The van der Waals surface area contributed by atoms with Crippen LogP contribution in [0.4, 0.5) is 13.2 Å². The van der Waals surface area contributed by atoms with Crippen LogP contribution in [-0.2, 0) is 0 Å². The van der Waals surface area contributed by atoms with Crippen LogP contribution >= 0.6 is 11.8 Å². The van der Waals surface area contributed by atoms with Crippen LogP contribution in [0.3, 0.4) is 0 Å². The molecular formula is C14H13F3N2S. The Hall–Kier alpha value is -1.69. The van der Waals surface area contributed by atoms with Crippen molar-refractivity contribution in [3.8, 4) is 0 Å². The summed E-state index contributed by atoms with van der Waals surface area (Å²) in [6.45, 7) is 0. The average Bonchev–Trinajstić information content (AvgIpc) is 2.36. The maximum absolute atomic E-state index is 12.7. The van der Waals surface area contributed by atoms with Crippen molar-refractivity contribution < 1.29 is 13.2 Å². The largest absolute Gasteiger partial charge is 0.399 e. The van der Waals surface area contributed by atoms with Gasteiger partial charge >= 0.3 is 6.18 Å². The normalized spacial score (nSPS) is 13.3. The molecule has 2 aromatic rings. The third-order valence-corrected chi connectivity index (χ3v) is 4.00. The van der Waals surface area contributed by atoms with E-state index in [0.717, 1.165) is 27.4 Å². The van der Waals surface area contributed by atoms with Crippen molar-refractivity contribution in [2.75, 3.05) is 5.75 Å². The molecule has 1 unspecified atom stereocenters. The smallest absolute Gasteiger partial charge is 0.387 e. The standard InChI is InChI=1S/C14H13F3N2S/c15-14(16,17)12(13(18)19)8-20-11-6-5-9-3-1-2-4-10(9)7-11/h1-7,12H,8H2,(H3,18,19). The van der Waals surface area contributed by atoms with E-state index in [1.54, 1.807) is 6.07 Å². The Morgan fingerprint density at radius 3 is 2.40 bits per heavy atom. The van der Waals surface area contributed by atoms with E-state index in [1.165, 1.54) is 0 Å². The minimum absolute atomic E-state index is 0.281. The Bertz CT molecular complexity index is 625. The minimum Gasteiger partial charge on any atom is -0.387 e. The fourth-order valence-electron chi connectivity index (χ4n) is 1.80. The first-order valence-electron chi connectivity index (χ1n) is 5.90. The highest BCUT2D eigenvalue weighted by Crippen LogP contribution is 2.32. The highest BCUT2D eigenvalue weighted by atomic mass is 32.2. The second-order valence-corrected chi connectivity index (χ2v) is 5.46. The zero-order valence-electron chi connectivity index (χ0n) is 10.4. The Balaban J connectivity index is 2.14. The summed E-state index contributed by atoms with van der Waals surface area (Å²) >= 11 is 1.06. The van der Waals surface area contributed by atoms with Crippen molar-refractivity contribution in [3.05, 3.63) is 42.5 Å². The van der Waals surface area contributed by atoms with Crippen LogP contribution in [0.1, 0.15) is 0 Å². The van der Waals surface area contributed by atoms with E-state index in [9.17, 15) is 13.2 Å². The van der Waals surface area contributed by atoms with Crippen LogP contribution in [0.2, 0.25) is 0 Å². The second kappa shape index (κ2) is 5.75. The predicted molar refractivity (Wildman–Crippen MR) is 76.1 cm³/mol. The van der Waals surface area contributed by atoms with E-state index >= 15 is 0 Å². The molecular weight excluding hydrogens is 285 g/mol. The van der Waals surface area contributed by atoms with Crippen LogP contribution in [0, 0.1) is 11.3 Å². The minimum atomic E-state index is -4.48. The van der Waals surface area contributed by atoms with E-state index in [4.69, 9.17) is 11.1 Å². The molecule has 1 atom stereocenters. The lowest BCUT2D eigenvalue weighted by molar-refractivity contribution is -0.149. The molecule has 0 radical (unpaired) electrons. The van der Waals surface area contributed by atoms with Crippen LogP contribution in [0.15, 0.2) is 47.4 Å². The molecule has 0 fully saturated rings. The summed E-state index contributed by atoms with van der Waals surface area (Å²) in [5.74, 6) is -3.03. The molecule has 0 aromatic heterocycles.